The number of thioether (sulfide) groups is 1. The zero-order valence-corrected chi connectivity index (χ0v) is 12.0. The van der Waals surface area contributed by atoms with Crippen molar-refractivity contribution in [2.75, 3.05) is 17.3 Å². The molecule has 0 bridgehead atoms. The van der Waals surface area contributed by atoms with Gasteiger partial charge >= 0.3 is 0 Å². The van der Waals surface area contributed by atoms with Crippen molar-refractivity contribution in [1.82, 2.24) is 0 Å². The average molecular weight is 299 g/mol. The lowest BCUT2D eigenvalue weighted by molar-refractivity contribution is 1.44. The predicted octanol–water partition coefficient (Wildman–Crippen LogP) is 5.04. The number of hydrogen-bond acceptors (Lipinski definition) is 3. The molecule has 0 radical (unpaired) electrons. The Kier molecular flexibility index (Phi) is 4.27. The summed E-state index contributed by atoms with van der Waals surface area (Å²) in [6.07, 6.45) is 2.04. The molecule has 94 valence electrons. The van der Waals surface area contributed by atoms with Gasteiger partial charge in [0, 0.05) is 16.3 Å². The smallest absolute Gasteiger partial charge is 0.0764 e. The third-order valence-corrected chi connectivity index (χ3v) is 3.76. The van der Waals surface area contributed by atoms with Crippen LogP contribution in [0.2, 0.25) is 10.0 Å². The van der Waals surface area contributed by atoms with Gasteiger partial charge in [0.2, 0.25) is 0 Å². The summed E-state index contributed by atoms with van der Waals surface area (Å²) in [7, 11) is 0. The molecule has 0 atom stereocenters. The minimum absolute atomic E-state index is 0.508. The minimum Gasteiger partial charge on any atom is -0.399 e. The maximum absolute atomic E-state index is 6.11. The van der Waals surface area contributed by atoms with Gasteiger partial charge in [-0.1, -0.05) is 23.2 Å². The molecule has 0 aromatic heterocycles. The largest absolute Gasteiger partial charge is 0.399 e. The molecule has 0 saturated heterocycles. The molecular weight excluding hydrogens is 287 g/mol. The monoisotopic (exact) mass is 298 g/mol. The number of hydrogen-bond donors (Lipinski definition) is 2. The fraction of sp³-hybridized carbons (Fsp3) is 0.0769. The maximum Gasteiger partial charge on any atom is 0.0764 e. The van der Waals surface area contributed by atoms with Gasteiger partial charge in [-0.15, -0.1) is 11.8 Å². The normalized spacial score (nSPS) is 10.4. The van der Waals surface area contributed by atoms with Gasteiger partial charge in [0.15, 0.2) is 0 Å². The van der Waals surface area contributed by atoms with Gasteiger partial charge in [-0.05, 0) is 42.7 Å². The molecule has 0 aliphatic carbocycles. The van der Waals surface area contributed by atoms with E-state index in [0.717, 1.165) is 5.69 Å². The molecule has 0 fully saturated rings. The molecule has 0 unspecified atom stereocenters. The van der Waals surface area contributed by atoms with Crippen molar-refractivity contribution in [2.45, 2.75) is 4.90 Å². The van der Waals surface area contributed by atoms with Crippen LogP contribution in [0.3, 0.4) is 0 Å². The van der Waals surface area contributed by atoms with Crippen molar-refractivity contribution < 1.29 is 0 Å². The van der Waals surface area contributed by atoms with Crippen molar-refractivity contribution >= 4 is 52.0 Å². The van der Waals surface area contributed by atoms with E-state index in [9.17, 15) is 0 Å². The quantitative estimate of drug-likeness (QED) is 0.616. The zero-order valence-electron chi connectivity index (χ0n) is 9.71. The Bertz CT molecular complexity index is 532. The lowest BCUT2D eigenvalue weighted by Crippen LogP contribution is -1.94. The molecule has 0 aliphatic rings. The van der Waals surface area contributed by atoms with Crippen LogP contribution in [0.5, 0.6) is 0 Å². The predicted molar refractivity (Wildman–Crippen MR) is 82.4 cm³/mol. The van der Waals surface area contributed by atoms with Gasteiger partial charge in [-0.25, -0.2) is 0 Å². The first-order valence-corrected chi connectivity index (χ1v) is 7.24. The molecule has 18 heavy (non-hydrogen) atoms. The minimum atomic E-state index is 0.508. The Balaban J connectivity index is 2.28. The highest BCUT2D eigenvalue weighted by molar-refractivity contribution is 7.98. The lowest BCUT2D eigenvalue weighted by Gasteiger charge is -2.11. The van der Waals surface area contributed by atoms with Gasteiger partial charge in [0.25, 0.3) is 0 Å². The van der Waals surface area contributed by atoms with Crippen LogP contribution in [0.1, 0.15) is 0 Å². The molecule has 5 heteroatoms. The fourth-order valence-corrected chi connectivity index (χ4v) is 2.54. The van der Waals surface area contributed by atoms with Crippen LogP contribution in [0.15, 0.2) is 41.3 Å². The third-order valence-electron chi connectivity index (χ3n) is 2.42. The van der Waals surface area contributed by atoms with Gasteiger partial charge in [0.1, 0.15) is 0 Å². The van der Waals surface area contributed by atoms with Crippen LogP contribution >= 0.6 is 35.0 Å². The van der Waals surface area contributed by atoms with E-state index in [4.69, 9.17) is 28.9 Å². The molecule has 0 spiro atoms. The van der Waals surface area contributed by atoms with E-state index in [2.05, 4.69) is 5.32 Å². The first-order valence-electron chi connectivity index (χ1n) is 5.26. The molecule has 2 aromatic carbocycles. The average Bonchev–Trinajstić information content (AvgIpc) is 2.34. The van der Waals surface area contributed by atoms with Crippen LogP contribution in [0.4, 0.5) is 17.1 Å². The first kappa shape index (κ1) is 13.4. The summed E-state index contributed by atoms with van der Waals surface area (Å²) in [6, 6.07) is 11.4. The lowest BCUT2D eigenvalue weighted by atomic mass is 10.2. The van der Waals surface area contributed by atoms with Gasteiger partial charge in [0.05, 0.1) is 15.7 Å². The van der Waals surface area contributed by atoms with Crippen LogP contribution in [0, 0.1) is 0 Å². The van der Waals surface area contributed by atoms with Crippen molar-refractivity contribution in [3.63, 3.8) is 0 Å². The molecule has 0 aliphatic heterocycles. The number of nitrogens with two attached hydrogens (primary N) is 1. The van der Waals surface area contributed by atoms with Gasteiger partial charge < -0.3 is 11.1 Å². The van der Waals surface area contributed by atoms with Crippen LogP contribution < -0.4 is 11.1 Å². The number of benzene rings is 2. The van der Waals surface area contributed by atoms with Crippen molar-refractivity contribution in [1.29, 1.82) is 0 Å². The highest BCUT2D eigenvalue weighted by Crippen LogP contribution is 2.35. The van der Waals surface area contributed by atoms with E-state index in [1.54, 1.807) is 23.9 Å². The summed E-state index contributed by atoms with van der Waals surface area (Å²) in [5, 5.41) is 4.21. The molecule has 0 amide bonds. The van der Waals surface area contributed by atoms with Crippen LogP contribution in [0.25, 0.3) is 0 Å². The van der Waals surface area contributed by atoms with Crippen LogP contribution in [-0.2, 0) is 0 Å². The Morgan fingerprint density at radius 3 is 2.11 bits per heavy atom. The van der Waals surface area contributed by atoms with E-state index in [1.807, 2.05) is 30.5 Å². The number of anilines is 3. The standard InChI is InChI=1S/C13H12Cl2N2S/c1-18-10-4-2-9(3-5-10)17-13-11(14)6-8(16)7-12(13)15/h2-7,17H,16H2,1H3. The molecule has 2 aromatic rings. The Morgan fingerprint density at radius 2 is 1.61 bits per heavy atom. The number of halogens is 2. The molecule has 0 heterocycles. The van der Waals surface area contributed by atoms with Crippen molar-refractivity contribution in [3.05, 3.63) is 46.4 Å². The highest BCUT2D eigenvalue weighted by Gasteiger charge is 2.07. The zero-order chi connectivity index (χ0) is 13.1. The van der Waals surface area contributed by atoms with Gasteiger partial charge in [-0.2, -0.15) is 0 Å². The third kappa shape index (κ3) is 3.05. The Hall–Kier alpha value is -1.03. The first-order chi connectivity index (χ1) is 8.60. The molecular formula is C13H12Cl2N2S. The second-order valence-electron chi connectivity index (χ2n) is 3.71. The Morgan fingerprint density at radius 1 is 1.06 bits per heavy atom. The van der Waals surface area contributed by atoms with Crippen LogP contribution in [-0.4, -0.2) is 6.26 Å². The van der Waals surface area contributed by atoms with E-state index in [-0.39, 0.29) is 0 Å². The SMILES string of the molecule is CSc1ccc(Nc2c(Cl)cc(N)cc2Cl)cc1. The van der Waals surface area contributed by atoms with Gasteiger partial charge in [-0.3, -0.25) is 0 Å². The molecule has 0 saturated carbocycles. The summed E-state index contributed by atoms with van der Waals surface area (Å²) < 4.78 is 0. The second kappa shape index (κ2) is 5.74. The number of nitrogen functional groups attached to an aromatic ring is 1. The second-order valence-corrected chi connectivity index (χ2v) is 5.41. The molecule has 2 nitrogen and oxygen atoms in total. The number of nitrogens with one attached hydrogen (secondary N) is 1. The fourth-order valence-electron chi connectivity index (χ4n) is 1.53. The summed E-state index contributed by atoms with van der Waals surface area (Å²) in [5.74, 6) is 0. The molecule has 3 N–H and O–H groups in total. The topological polar surface area (TPSA) is 38.0 Å². The van der Waals surface area contributed by atoms with Crippen molar-refractivity contribution in [3.8, 4) is 0 Å². The van der Waals surface area contributed by atoms with E-state index in [1.165, 1.54) is 4.90 Å². The van der Waals surface area contributed by atoms with Crippen molar-refractivity contribution in [2.24, 2.45) is 0 Å². The highest BCUT2D eigenvalue weighted by atomic mass is 35.5. The van der Waals surface area contributed by atoms with E-state index < -0.39 is 0 Å². The molecule has 2 rings (SSSR count). The van der Waals surface area contributed by atoms with E-state index in [0.29, 0.717) is 21.4 Å². The summed E-state index contributed by atoms with van der Waals surface area (Å²) >= 11 is 13.9. The number of rotatable bonds is 3. The summed E-state index contributed by atoms with van der Waals surface area (Å²) in [4.78, 5) is 1.20. The summed E-state index contributed by atoms with van der Waals surface area (Å²) in [6.45, 7) is 0. The summed E-state index contributed by atoms with van der Waals surface area (Å²) in [5.41, 5.74) is 7.81. The van der Waals surface area contributed by atoms with E-state index >= 15 is 0 Å². The maximum atomic E-state index is 6.11. The Labute approximate surface area is 120 Å².